The fourth-order valence-electron chi connectivity index (χ4n) is 2.70. The summed E-state index contributed by atoms with van der Waals surface area (Å²) in [7, 11) is 1.55. The van der Waals surface area contributed by atoms with Crippen molar-refractivity contribution in [3.63, 3.8) is 0 Å². The van der Waals surface area contributed by atoms with Crippen molar-refractivity contribution in [3.05, 3.63) is 35.4 Å². The van der Waals surface area contributed by atoms with E-state index in [0.29, 0.717) is 13.0 Å². The highest BCUT2D eigenvalue weighted by atomic mass is 19.1. The predicted molar refractivity (Wildman–Crippen MR) is 74.5 cm³/mol. The second-order valence-corrected chi connectivity index (χ2v) is 5.25. The average Bonchev–Trinajstić information content (AvgIpc) is 2.75. The molecule has 1 aromatic rings. The van der Waals surface area contributed by atoms with E-state index >= 15 is 0 Å². The highest BCUT2D eigenvalue weighted by Crippen LogP contribution is 2.30. The van der Waals surface area contributed by atoms with Crippen LogP contribution in [0.15, 0.2) is 18.2 Å². The number of benzene rings is 1. The molecule has 0 aliphatic carbocycles. The van der Waals surface area contributed by atoms with Gasteiger partial charge in [0.25, 0.3) is 0 Å². The first kappa shape index (κ1) is 15.9. The van der Waals surface area contributed by atoms with Crippen molar-refractivity contribution in [3.8, 4) is 0 Å². The third-order valence-electron chi connectivity index (χ3n) is 3.74. The summed E-state index contributed by atoms with van der Waals surface area (Å²) in [6, 6.07) is 2.84. The van der Waals surface area contributed by atoms with Crippen molar-refractivity contribution < 1.29 is 18.3 Å². The lowest BCUT2D eigenvalue weighted by molar-refractivity contribution is -0.133. The molecule has 4 nitrogen and oxygen atoms in total. The zero-order valence-electron chi connectivity index (χ0n) is 12.4. The number of amides is 1. The van der Waals surface area contributed by atoms with E-state index in [4.69, 9.17) is 4.74 Å². The van der Waals surface area contributed by atoms with Gasteiger partial charge in [0.1, 0.15) is 17.8 Å². The maximum Gasteiger partial charge on any atom is 0.241 e. The molecule has 0 bridgehead atoms. The first-order chi connectivity index (χ1) is 9.99. The van der Waals surface area contributed by atoms with Crippen LogP contribution in [-0.2, 0) is 9.53 Å². The Morgan fingerprint density at radius 1 is 1.43 bits per heavy atom. The van der Waals surface area contributed by atoms with Crippen molar-refractivity contribution in [1.82, 2.24) is 10.2 Å². The van der Waals surface area contributed by atoms with Crippen LogP contribution in [0.2, 0.25) is 0 Å². The fourth-order valence-corrected chi connectivity index (χ4v) is 2.70. The second kappa shape index (κ2) is 6.49. The topological polar surface area (TPSA) is 41.6 Å². The average molecular weight is 298 g/mol. The number of ether oxygens (including phenoxy) is 1. The van der Waals surface area contributed by atoms with Gasteiger partial charge in [0.15, 0.2) is 0 Å². The summed E-state index contributed by atoms with van der Waals surface area (Å²) in [5, 5.41) is 3.11. The summed E-state index contributed by atoms with van der Waals surface area (Å²) in [4.78, 5) is 14.0. The lowest BCUT2D eigenvalue weighted by atomic mass is 10.1. The molecular formula is C15H20F2N2O2. The number of hydrogen-bond donors (Lipinski definition) is 1. The molecule has 1 heterocycles. The zero-order valence-corrected chi connectivity index (χ0v) is 12.4. The molecule has 3 atom stereocenters. The van der Waals surface area contributed by atoms with Crippen LogP contribution in [0.5, 0.6) is 0 Å². The minimum Gasteiger partial charge on any atom is -0.383 e. The maximum absolute atomic E-state index is 14.0. The van der Waals surface area contributed by atoms with Crippen LogP contribution in [0.3, 0.4) is 0 Å². The van der Waals surface area contributed by atoms with Gasteiger partial charge in [0, 0.05) is 18.7 Å². The van der Waals surface area contributed by atoms with Crippen LogP contribution in [0, 0.1) is 11.6 Å². The minimum absolute atomic E-state index is 0.0872. The zero-order chi connectivity index (χ0) is 15.6. The minimum atomic E-state index is -0.660. The van der Waals surface area contributed by atoms with Gasteiger partial charge in [-0.3, -0.25) is 10.1 Å². The quantitative estimate of drug-likeness (QED) is 0.906. The van der Waals surface area contributed by atoms with Gasteiger partial charge in [0.2, 0.25) is 5.91 Å². The molecule has 1 N–H and O–H groups in total. The molecule has 1 saturated heterocycles. The van der Waals surface area contributed by atoms with Crippen LogP contribution < -0.4 is 5.32 Å². The van der Waals surface area contributed by atoms with Crippen molar-refractivity contribution in [2.24, 2.45) is 0 Å². The molecule has 1 aliphatic heterocycles. The van der Waals surface area contributed by atoms with Crippen molar-refractivity contribution in [2.45, 2.75) is 38.5 Å². The molecule has 0 spiro atoms. The first-order valence-electron chi connectivity index (χ1n) is 7.01. The van der Waals surface area contributed by atoms with Gasteiger partial charge in [-0.25, -0.2) is 8.78 Å². The van der Waals surface area contributed by atoms with E-state index < -0.39 is 17.8 Å². The van der Waals surface area contributed by atoms with Gasteiger partial charge in [-0.15, -0.1) is 0 Å². The SMILES string of the molecule is CCC1NC(c2ccc(F)cc2F)N(C(C)COC)C1=O. The Bertz CT molecular complexity index is 524. The van der Waals surface area contributed by atoms with Gasteiger partial charge >= 0.3 is 0 Å². The molecule has 3 unspecified atom stereocenters. The number of rotatable bonds is 5. The van der Waals surface area contributed by atoms with Gasteiger partial charge in [-0.2, -0.15) is 0 Å². The van der Waals surface area contributed by atoms with Crippen molar-refractivity contribution in [2.75, 3.05) is 13.7 Å². The summed E-state index contributed by atoms with van der Waals surface area (Å²) in [6.07, 6.45) is 0.00199. The smallest absolute Gasteiger partial charge is 0.241 e. The third-order valence-corrected chi connectivity index (χ3v) is 3.74. The van der Waals surface area contributed by atoms with Crippen LogP contribution in [0.4, 0.5) is 8.78 Å². The van der Waals surface area contributed by atoms with E-state index in [-0.39, 0.29) is 23.6 Å². The fraction of sp³-hybridized carbons (Fsp3) is 0.533. The van der Waals surface area contributed by atoms with Gasteiger partial charge in [-0.1, -0.05) is 6.92 Å². The molecule has 0 radical (unpaired) electrons. The van der Waals surface area contributed by atoms with Crippen LogP contribution in [-0.4, -0.2) is 36.6 Å². The predicted octanol–water partition coefficient (Wildman–Crippen LogP) is 2.21. The summed E-state index contributed by atoms with van der Waals surface area (Å²) in [5.74, 6) is -1.38. The van der Waals surface area contributed by atoms with Crippen LogP contribution >= 0.6 is 0 Å². The molecular weight excluding hydrogens is 278 g/mol. The lowest BCUT2D eigenvalue weighted by Gasteiger charge is -2.30. The van der Waals surface area contributed by atoms with Crippen LogP contribution in [0.1, 0.15) is 32.0 Å². The van der Waals surface area contributed by atoms with E-state index in [1.807, 2.05) is 13.8 Å². The van der Waals surface area contributed by atoms with E-state index in [1.54, 1.807) is 12.0 Å². The Morgan fingerprint density at radius 2 is 2.14 bits per heavy atom. The Kier molecular flexibility index (Phi) is 4.90. The molecule has 0 aromatic heterocycles. The molecule has 0 saturated carbocycles. The molecule has 1 amide bonds. The molecule has 1 aliphatic rings. The largest absolute Gasteiger partial charge is 0.383 e. The van der Waals surface area contributed by atoms with Crippen molar-refractivity contribution >= 4 is 5.91 Å². The molecule has 1 fully saturated rings. The number of carbonyl (C=O) groups is 1. The number of methoxy groups -OCH3 is 1. The summed E-state index contributed by atoms with van der Waals surface area (Å²) >= 11 is 0. The Balaban J connectivity index is 2.36. The number of nitrogens with one attached hydrogen (secondary N) is 1. The molecule has 1 aromatic carbocycles. The summed E-state index contributed by atoms with van der Waals surface area (Å²) in [6.45, 7) is 4.08. The number of carbonyl (C=O) groups excluding carboxylic acids is 1. The third kappa shape index (κ3) is 3.06. The molecule has 6 heteroatoms. The first-order valence-corrected chi connectivity index (χ1v) is 7.01. The number of nitrogens with zero attached hydrogens (tertiary/aromatic N) is 1. The van der Waals surface area contributed by atoms with Crippen LogP contribution in [0.25, 0.3) is 0 Å². The highest BCUT2D eigenvalue weighted by Gasteiger charge is 2.42. The number of hydrogen-bond acceptors (Lipinski definition) is 3. The van der Waals surface area contributed by atoms with E-state index in [0.717, 1.165) is 6.07 Å². The normalized spacial score (nSPS) is 23.7. The van der Waals surface area contributed by atoms with Gasteiger partial charge < -0.3 is 9.64 Å². The highest BCUT2D eigenvalue weighted by molar-refractivity contribution is 5.84. The Labute approximate surface area is 123 Å². The second-order valence-electron chi connectivity index (χ2n) is 5.25. The number of halogens is 2. The maximum atomic E-state index is 14.0. The van der Waals surface area contributed by atoms with E-state index in [2.05, 4.69) is 5.32 Å². The Morgan fingerprint density at radius 3 is 2.71 bits per heavy atom. The lowest BCUT2D eigenvalue weighted by Crippen LogP contribution is -2.41. The van der Waals surface area contributed by atoms with E-state index in [9.17, 15) is 13.6 Å². The van der Waals surface area contributed by atoms with Crippen molar-refractivity contribution in [1.29, 1.82) is 0 Å². The summed E-state index contributed by atoms with van der Waals surface area (Å²) < 4.78 is 32.2. The standard InChI is InChI=1S/C15H20F2N2O2/c1-4-13-15(20)19(9(2)8-21-3)14(18-13)11-6-5-10(16)7-12(11)17/h5-7,9,13-14,18H,4,8H2,1-3H3. The molecule has 21 heavy (non-hydrogen) atoms. The van der Waals surface area contributed by atoms with E-state index in [1.165, 1.54) is 12.1 Å². The Hall–Kier alpha value is -1.53. The van der Waals surface area contributed by atoms with Gasteiger partial charge in [-0.05, 0) is 25.5 Å². The monoisotopic (exact) mass is 298 g/mol. The van der Waals surface area contributed by atoms with Gasteiger partial charge in [0.05, 0.1) is 18.7 Å². The molecule has 116 valence electrons. The molecule has 2 rings (SSSR count). The summed E-state index contributed by atoms with van der Waals surface area (Å²) in [5.41, 5.74) is 0.267.